The molecule has 0 N–H and O–H groups in total. The third-order valence-electron chi connectivity index (χ3n) is 5.73. The lowest BCUT2D eigenvalue weighted by atomic mass is 9.73. The summed E-state index contributed by atoms with van der Waals surface area (Å²) in [7, 11) is -0.311. The molecule has 4 heteroatoms. The van der Waals surface area contributed by atoms with E-state index in [1.54, 1.807) is 0 Å². The fraction of sp³-hybridized carbons (Fsp3) is 0.600. The molecule has 2 aliphatic rings. The van der Waals surface area contributed by atoms with Crippen molar-refractivity contribution in [3.63, 3.8) is 0 Å². The lowest BCUT2D eigenvalue weighted by Crippen LogP contribution is -2.41. The van der Waals surface area contributed by atoms with Gasteiger partial charge in [0.25, 0.3) is 0 Å². The second-order valence-electron chi connectivity index (χ2n) is 8.90. The smallest absolute Gasteiger partial charge is 0.399 e. The van der Waals surface area contributed by atoms with E-state index in [-0.39, 0.29) is 23.7 Å². The highest BCUT2D eigenvalue weighted by Crippen LogP contribution is 2.40. The van der Waals surface area contributed by atoms with Crippen LogP contribution in [0.2, 0.25) is 0 Å². The molecule has 3 rings (SSSR count). The van der Waals surface area contributed by atoms with Crippen molar-refractivity contribution < 1.29 is 9.31 Å². The van der Waals surface area contributed by atoms with Gasteiger partial charge in [-0.3, -0.25) is 0 Å². The molecule has 0 radical (unpaired) electrons. The van der Waals surface area contributed by atoms with Gasteiger partial charge in [0.2, 0.25) is 0 Å². The van der Waals surface area contributed by atoms with Crippen LogP contribution in [0.25, 0.3) is 0 Å². The standard InChI is InChI=1S/C20H30BNO2/c1-14(2)22-12-11-18(3,4)16-13-15(9-10-17(16)22)21-23-19(5,6)20(7,8)24-21/h9-14H,1-8H3. The van der Waals surface area contributed by atoms with Crippen molar-refractivity contribution in [2.45, 2.75) is 78.0 Å². The second kappa shape index (κ2) is 5.37. The van der Waals surface area contributed by atoms with Gasteiger partial charge in [-0.2, -0.15) is 0 Å². The Kier molecular flexibility index (Phi) is 3.93. The summed E-state index contributed by atoms with van der Waals surface area (Å²) in [6.07, 6.45) is 4.49. The van der Waals surface area contributed by atoms with Crippen LogP contribution in [0.15, 0.2) is 30.5 Å². The maximum atomic E-state index is 6.23. The molecule has 0 amide bonds. The van der Waals surface area contributed by atoms with E-state index in [0.717, 1.165) is 5.46 Å². The van der Waals surface area contributed by atoms with Crippen LogP contribution in [0.3, 0.4) is 0 Å². The fourth-order valence-electron chi connectivity index (χ4n) is 3.31. The average Bonchev–Trinajstić information content (AvgIpc) is 2.67. The molecule has 1 aromatic rings. The van der Waals surface area contributed by atoms with Gasteiger partial charge in [0.15, 0.2) is 0 Å². The summed E-state index contributed by atoms with van der Waals surface area (Å²) in [4.78, 5) is 2.33. The monoisotopic (exact) mass is 327 g/mol. The predicted octanol–water partition coefficient (Wildman–Crippen LogP) is 4.01. The normalized spacial score (nSPS) is 23.7. The maximum Gasteiger partial charge on any atom is 0.494 e. The summed E-state index contributed by atoms with van der Waals surface area (Å²) >= 11 is 0. The van der Waals surface area contributed by atoms with Crippen molar-refractivity contribution in [1.29, 1.82) is 0 Å². The van der Waals surface area contributed by atoms with Crippen molar-refractivity contribution in [2.75, 3.05) is 4.90 Å². The van der Waals surface area contributed by atoms with Crippen molar-refractivity contribution >= 4 is 18.3 Å². The van der Waals surface area contributed by atoms with E-state index in [9.17, 15) is 0 Å². The van der Waals surface area contributed by atoms with E-state index in [1.807, 2.05) is 0 Å². The number of allylic oxidation sites excluding steroid dienone is 1. The van der Waals surface area contributed by atoms with E-state index in [4.69, 9.17) is 9.31 Å². The Bertz CT molecular complexity index is 660. The fourth-order valence-corrected chi connectivity index (χ4v) is 3.31. The highest BCUT2D eigenvalue weighted by atomic mass is 16.7. The zero-order valence-electron chi connectivity index (χ0n) is 16.3. The Labute approximate surface area is 147 Å². The SMILES string of the molecule is CC(C)N1C=CC(C)(C)c2cc(B3OC(C)(C)C(C)(C)O3)ccc21. The molecule has 0 bridgehead atoms. The Hall–Kier alpha value is -1.26. The minimum atomic E-state index is -0.313. The van der Waals surface area contributed by atoms with Crippen LogP contribution in [-0.4, -0.2) is 24.4 Å². The van der Waals surface area contributed by atoms with Gasteiger partial charge in [0.05, 0.1) is 11.2 Å². The predicted molar refractivity (Wildman–Crippen MR) is 102 cm³/mol. The highest BCUT2D eigenvalue weighted by Gasteiger charge is 2.52. The van der Waals surface area contributed by atoms with Gasteiger partial charge in [-0.1, -0.05) is 32.1 Å². The van der Waals surface area contributed by atoms with Crippen LogP contribution in [0.1, 0.15) is 61.0 Å². The van der Waals surface area contributed by atoms with Crippen molar-refractivity contribution in [1.82, 2.24) is 0 Å². The first kappa shape index (κ1) is 17.6. The molecule has 1 fully saturated rings. The van der Waals surface area contributed by atoms with Crippen LogP contribution in [0.4, 0.5) is 5.69 Å². The Balaban J connectivity index is 2.01. The zero-order valence-corrected chi connectivity index (χ0v) is 16.3. The molecular formula is C20H30BNO2. The van der Waals surface area contributed by atoms with Gasteiger partial charge in [0.1, 0.15) is 0 Å². The Morgan fingerprint density at radius 2 is 1.54 bits per heavy atom. The molecule has 2 heterocycles. The van der Waals surface area contributed by atoms with Crippen molar-refractivity contribution in [3.8, 4) is 0 Å². The first-order valence-electron chi connectivity index (χ1n) is 8.92. The van der Waals surface area contributed by atoms with Crippen LogP contribution in [0, 0.1) is 0 Å². The molecule has 0 spiro atoms. The average molecular weight is 327 g/mol. The highest BCUT2D eigenvalue weighted by molar-refractivity contribution is 6.62. The third kappa shape index (κ3) is 2.70. The molecule has 0 atom stereocenters. The number of rotatable bonds is 2. The van der Waals surface area contributed by atoms with E-state index >= 15 is 0 Å². The molecule has 0 aliphatic carbocycles. The van der Waals surface area contributed by atoms with Crippen LogP contribution < -0.4 is 10.4 Å². The van der Waals surface area contributed by atoms with Gasteiger partial charge in [-0.15, -0.1) is 0 Å². The number of anilines is 1. The number of hydrogen-bond acceptors (Lipinski definition) is 3. The molecule has 0 aromatic heterocycles. The number of benzene rings is 1. The summed E-state index contributed by atoms with van der Waals surface area (Å²) < 4.78 is 12.5. The molecule has 0 unspecified atom stereocenters. The van der Waals surface area contributed by atoms with E-state index in [0.29, 0.717) is 6.04 Å². The summed E-state index contributed by atoms with van der Waals surface area (Å²) in [5.41, 5.74) is 3.07. The summed E-state index contributed by atoms with van der Waals surface area (Å²) in [6.45, 7) is 17.3. The summed E-state index contributed by atoms with van der Waals surface area (Å²) in [5, 5.41) is 0. The van der Waals surface area contributed by atoms with Gasteiger partial charge >= 0.3 is 7.12 Å². The Morgan fingerprint density at radius 1 is 0.958 bits per heavy atom. The van der Waals surface area contributed by atoms with Gasteiger partial charge < -0.3 is 14.2 Å². The molecule has 3 nitrogen and oxygen atoms in total. The molecule has 0 saturated carbocycles. The first-order valence-corrected chi connectivity index (χ1v) is 8.92. The van der Waals surface area contributed by atoms with E-state index in [1.165, 1.54) is 11.3 Å². The zero-order chi connectivity index (χ0) is 17.9. The minimum Gasteiger partial charge on any atom is -0.399 e. The molecule has 1 saturated heterocycles. The van der Waals surface area contributed by atoms with Crippen LogP contribution in [0.5, 0.6) is 0 Å². The largest absolute Gasteiger partial charge is 0.494 e. The molecule has 1 aromatic carbocycles. The summed E-state index contributed by atoms with van der Waals surface area (Å²) in [5.74, 6) is 0. The second-order valence-corrected chi connectivity index (χ2v) is 8.90. The summed E-state index contributed by atoms with van der Waals surface area (Å²) in [6, 6.07) is 7.04. The number of fused-ring (bicyclic) bond motifs is 1. The van der Waals surface area contributed by atoms with Crippen LogP contribution in [-0.2, 0) is 14.7 Å². The lowest BCUT2D eigenvalue weighted by molar-refractivity contribution is 0.00578. The van der Waals surface area contributed by atoms with Gasteiger partial charge in [-0.25, -0.2) is 0 Å². The van der Waals surface area contributed by atoms with Crippen molar-refractivity contribution in [3.05, 3.63) is 36.0 Å². The number of nitrogens with zero attached hydrogens (tertiary/aromatic N) is 1. The lowest BCUT2D eigenvalue weighted by Gasteiger charge is -2.37. The van der Waals surface area contributed by atoms with Gasteiger partial charge in [0, 0.05) is 23.3 Å². The van der Waals surface area contributed by atoms with E-state index < -0.39 is 0 Å². The van der Waals surface area contributed by atoms with Crippen molar-refractivity contribution in [2.24, 2.45) is 0 Å². The molecule has 2 aliphatic heterocycles. The van der Waals surface area contributed by atoms with Crippen LogP contribution >= 0.6 is 0 Å². The Morgan fingerprint density at radius 3 is 2.08 bits per heavy atom. The number of hydrogen-bond donors (Lipinski definition) is 0. The van der Waals surface area contributed by atoms with Gasteiger partial charge in [-0.05, 0) is 58.6 Å². The molecule has 24 heavy (non-hydrogen) atoms. The third-order valence-corrected chi connectivity index (χ3v) is 5.73. The first-order chi connectivity index (χ1) is 10.9. The van der Waals surface area contributed by atoms with E-state index in [2.05, 4.69) is 90.8 Å². The quantitative estimate of drug-likeness (QED) is 0.766. The topological polar surface area (TPSA) is 21.7 Å². The molecular weight excluding hydrogens is 297 g/mol. The maximum absolute atomic E-state index is 6.23. The molecule has 130 valence electrons. The minimum absolute atomic E-state index is 0.000370.